The molecule has 1 aliphatic heterocycles. The van der Waals surface area contributed by atoms with E-state index in [9.17, 15) is 14.4 Å². The Labute approximate surface area is 195 Å². The Kier molecular flexibility index (Phi) is 7.13. The van der Waals surface area contributed by atoms with E-state index in [0.717, 1.165) is 5.16 Å². The Morgan fingerprint density at radius 1 is 1.15 bits per heavy atom. The molecule has 33 heavy (non-hydrogen) atoms. The first-order valence-corrected chi connectivity index (χ1v) is 11.6. The zero-order valence-electron chi connectivity index (χ0n) is 18.2. The van der Waals surface area contributed by atoms with Crippen LogP contribution < -0.4 is 10.6 Å². The van der Waals surface area contributed by atoms with Crippen molar-refractivity contribution in [3.8, 4) is 0 Å². The van der Waals surface area contributed by atoms with Crippen molar-refractivity contribution in [1.29, 1.82) is 0 Å². The van der Waals surface area contributed by atoms with Crippen LogP contribution in [0.4, 0.5) is 5.69 Å². The molecule has 9 nitrogen and oxygen atoms in total. The smallest absolute Gasteiger partial charge is 0.289 e. The van der Waals surface area contributed by atoms with E-state index >= 15 is 0 Å². The van der Waals surface area contributed by atoms with Gasteiger partial charge in [-0.3, -0.25) is 14.4 Å². The number of likely N-dealkylation sites (tertiary alicyclic amines) is 1. The molecule has 1 aliphatic rings. The van der Waals surface area contributed by atoms with Gasteiger partial charge in [-0.2, -0.15) is 0 Å². The number of carbonyl (C=O) groups is 3. The molecule has 0 saturated carbocycles. The van der Waals surface area contributed by atoms with E-state index in [4.69, 9.17) is 4.42 Å². The first-order valence-electron chi connectivity index (χ1n) is 10.6. The Morgan fingerprint density at radius 2 is 1.91 bits per heavy atom. The lowest BCUT2D eigenvalue weighted by molar-refractivity contribution is -0.113. The molecule has 1 aromatic carbocycles. The van der Waals surface area contributed by atoms with Crippen LogP contribution in [0.2, 0.25) is 0 Å². The van der Waals surface area contributed by atoms with Gasteiger partial charge in [-0.05, 0) is 49.2 Å². The van der Waals surface area contributed by atoms with Crippen molar-refractivity contribution in [3.63, 3.8) is 0 Å². The second kappa shape index (κ2) is 10.4. The monoisotopic (exact) mass is 467 g/mol. The van der Waals surface area contributed by atoms with E-state index in [1.54, 1.807) is 47.5 Å². The summed E-state index contributed by atoms with van der Waals surface area (Å²) in [6.07, 6.45) is 6.36. The molecule has 0 aliphatic carbocycles. The second-order valence-electron chi connectivity index (χ2n) is 7.75. The molecule has 0 spiro atoms. The number of carbonyl (C=O) groups excluding carboxylic acids is 3. The topological polar surface area (TPSA) is 109 Å². The Hall–Kier alpha value is -3.53. The molecular weight excluding hydrogens is 442 g/mol. The molecule has 3 amide bonds. The first kappa shape index (κ1) is 22.7. The summed E-state index contributed by atoms with van der Waals surface area (Å²) in [6.45, 7) is 1.12. The number of hydrogen-bond donors (Lipinski definition) is 2. The number of amides is 3. The van der Waals surface area contributed by atoms with Crippen LogP contribution in [0.15, 0.2) is 64.6 Å². The lowest BCUT2D eigenvalue weighted by Crippen LogP contribution is -2.46. The van der Waals surface area contributed by atoms with Gasteiger partial charge in [0.1, 0.15) is 0 Å². The highest BCUT2D eigenvalue weighted by Crippen LogP contribution is 2.17. The fraction of sp³-hybridized carbons (Fsp3) is 0.304. The minimum absolute atomic E-state index is 0.000627. The minimum atomic E-state index is -0.172. The molecule has 0 bridgehead atoms. The summed E-state index contributed by atoms with van der Waals surface area (Å²) in [5, 5.41) is 6.63. The normalized spacial score (nSPS) is 14.2. The lowest BCUT2D eigenvalue weighted by Gasteiger charge is -2.31. The number of anilines is 1. The van der Waals surface area contributed by atoms with Crippen LogP contribution in [0.3, 0.4) is 0 Å². The SMILES string of the molecule is Cn1ccnc1SCC(=O)Nc1ccc(C(=O)NC2CCN(C(=O)c3ccco3)CC2)cc1. The van der Waals surface area contributed by atoms with Gasteiger partial charge in [0, 0.05) is 49.8 Å². The standard InChI is InChI=1S/C23H25N5O4S/c1-27-13-10-24-23(27)33-15-20(29)25-17-6-4-16(5-7-17)21(30)26-18-8-11-28(12-9-18)22(31)19-3-2-14-32-19/h2-7,10,13-14,18H,8-9,11-12,15H2,1H3,(H,25,29)(H,26,30). The molecule has 3 heterocycles. The number of benzene rings is 1. The van der Waals surface area contributed by atoms with Gasteiger partial charge in [0.05, 0.1) is 12.0 Å². The molecule has 1 fully saturated rings. The third-order valence-corrected chi connectivity index (χ3v) is 6.45. The van der Waals surface area contributed by atoms with Crippen LogP contribution in [0.1, 0.15) is 33.8 Å². The Bertz CT molecular complexity index is 1100. The molecule has 10 heteroatoms. The van der Waals surface area contributed by atoms with E-state index in [2.05, 4.69) is 15.6 Å². The molecule has 0 radical (unpaired) electrons. The fourth-order valence-corrected chi connectivity index (χ4v) is 4.31. The van der Waals surface area contributed by atoms with E-state index in [-0.39, 0.29) is 29.5 Å². The van der Waals surface area contributed by atoms with Gasteiger partial charge in [0.15, 0.2) is 10.9 Å². The summed E-state index contributed by atoms with van der Waals surface area (Å²) in [6, 6.07) is 10.1. The number of furan rings is 1. The van der Waals surface area contributed by atoms with Crippen LogP contribution in [-0.4, -0.2) is 57.1 Å². The zero-order chi connectivity index (χ0) is 23.2. The molecule has 4 rings (SSSR count). The largest absolute Gasteiger partial charge is 0.459 e. The number of nitrogens with one attached hydrogen (secondary N) is 2. The summed E-state index contributed by atoms with van der Waals surface area (Å²) in [5.41, 5.74) is 1.14. The second-order valence-corrected chi connectivity index (χ2v) is 8.69. The lowest BCUT2D eigenvalue weighted by atomic mass is 10.0. The van der Waals surface area contributed by atoms with Crippen molar-refractivity contribution in [2.45, 2.75) is 24.0 Å². The van der Waals surface area contributed by atoms with E-state index < -0.39 is 0 Å². The van der Waals surface area contributed by atoms with Crippen LogP contribution in [0, 0.1) is 0 Å². The molecule has 0 unspecified atom stereocenters. The molecule has 172 valence electrons. The summed E-state index contributed by atoms with van der Waals surface area (Å²) in [4.78, 5) is 43.0. The maximum absolute atomic E-state index is 12.6. The van der Waals surface area contributed by atoms with Crippen molar-refractivity contribution >= 4 is 35.2 Å². The van der Waals surface area contributed by atoms with E-state index in [0.29, 0.717) is 42.9 Å². The number of imidazole rings is 1. The van der Waals surface area contributed by atoms with Crippen molar-refractivity contribution in [2.24, 2.45) is 7.05 Å². The number of thioether (sulfide) groups is 1. The summed E-state index contributed by atoms with van der Waals surface area (Å²) in [5.74, 6) is 0.138. The predicted octanol–water partition coefficient (Wildman–Crippen LogP) is 2.78. The van der Waals surface area contributed by atoms with Crippen molar-refractivity contribution in [1.82, 2.24) is 19.8 Å². The highest BCUT2D eigenvalue weighted by Gasteiger charge is 2.26. The number of hydrogen-bond acceptors (Lipinski definition) is 6. The van der Waals surface area contributed by atoms with Crippen LogP contribution in [0.5, 0.6) is 0 Å². The molecule has 3 aromatic rings. The first-order chi connectivity index (χ1) is 16.0. The summed E-state index contributed by atoms with van der Waals surface area (Å²) in [7, 11) is 1.88. The number of nitrogens with zero attached hydrogens (tertiary/aromatic N) is 3. The van der Waals surface area contributed by atoms with Gasteiger partial charge in [0.2, 0.25) is 5.91 Å². The Morgan fingerprint density at radius 3 is 2.55 bits per heavy atom. The molecule has 0 atom stereocenters. The van der Waals surface area contributed by atoms with Gasteiger partial charge in [-0.25, -0.2) is 4.98 Å². The van der Waals surface area contributed by atoms with Crippen LogP contribution in [-0.2, 0) is 11.8 Å². The van der Waals surface area contributed by atoms with Crippen molar-refractivity contribution < 1.29 is 18.8 Å². The molecule has 2 N–H and O–H groups in total. The highest BCUT2D eigenvalue weighted by molar-refractivity contribution is 7.99. The third kappa shape index (κ3) is 5.83. The maximum Gasteiger partial charge on any atom is 0.289 e. The average molecular weight is 468 g/mol. The fourth-order valence-electron chi connectivity index (χ4n) is 3.57. The predicted molar refractivity (Wildman–Crippen MR) is 124 cm³/mol. The Balaban J connectivity index is 1.22. The van der Waals surface area contributed by atoms with Crippen LogP contribution >= 0.6 is 11.8 Å². The summed E-state index contributed by atoms with van der Waals surface area (Å²) < 4.78 is 7.03. The quantitative estimate of drug-likeness (QED) is 0.517. The zero-order valence-corrected chi connectivity index (χ0v) is 19.0. The third-order valence-electron chi connectivity index (χ3n) is 5.39. The number of aromatic nitrogens is 2. The van der Waals surface area contributed by atoms with Crippen molar-refractivity contribution in [3.05, 3.63) is 66.4 Å². The number of piperidine rings is 1. The molecule has 1 saturated heterocycles. The number of aryl methyl sites for hydroxylation is 1. The minimum Gasteiger partial charge on any atom is -0.459 e. The molecular formula is C23H25N5O4S. The van der Waals surface area contributed by atoms with Gasteiger partial charge < -0.3 is 24.5 Å². The van der Waals surface area contributed by atoms with Gasteiger partial charge in [0.25, 0.3) is 11.8 Å². The van der Waals surface area contributed by atoms with E-state index in [1.165, 1.54) is 18.0 Å². The van der Waals surface area contributed by atoms with Crippen LogP contribution in [0.25, 0.3) is 0 Å². The number of rotatable bonds is 7. The molecule has 2 aromatic heterocycles. The average Bonchev–Trinajstić information content (AvgIpc) is 3.50. The van der Waals surface area contributed by atoms with Gasteiger partial charge in [-0.15, -0.1) is 0 Å². The highest BCUT2D eigenvalue weighted by atomic mass is 32.2. The maximum atomic E-state index is 12.6. The van der Waals surface area contributed by atoms with Gasteiger partial charge in [-0.1, -0.05) is 11.8 Å². The van der Waals surface area contributed by atoms with Crippen molar-refractivity contribution in [2.75, 3.05) is 24.2 Å². The summed E-state index contributed by atoms with van der Waals surface area (Å²) >= 11 is 1.36. The van der Waals surface area contributed by atoms with Gasteiger partial charge >= 0.3 is 0 Å². The van der Waals surface area contributed by atoms with E-state index in [1.807, 2.05) is 17.8 Å².